The Kier molecular flexibility index (Phi) is 2.79. The summed E-state index contributed by atoms with van der Waals surface area (Å²) in [5, 5.41) is 0.178. The molecule has 1 aromatic heterocycles. The van der Waals surface area contributed by atoms with Crippen LogP contribution in [0.25, 0.3) is 0 Å². The van der Waals surface area contributed by atoms with Crippen LogP contribution >= 0.6 is 11.3 Å². The molecule has 0 aliphatic rings. The first kappa shape index (κ1) is 11.0. The Morgan fingerprint density at radius 1 is 1.50 bits per heavy atom. The number of methoxy groups -OCH3 is 1. The van der Waals surface area contributed by atoms with Gasteiger partial charge in [0.15, 0.2) is 5.69 Å². The van der Waals surface area contributed by atoms with Crippen molar-refractivity contribution in [2.24, 2.45) is 0 Å². The van der Waals surface area contributed by atoms with Crippen LogP contribution in [0.4, 0.5) is 13.2 Å². The van der Waals surface area contributed by atoms with Crippen molar-refractivity contribution < 1.29 is 22.7 Å². The predicted molar refractivity (Wildman–Crippen MR) is 43.2 cm³/mol. The van der Waals surface area contributed by atoms with Crippen LogP contribution in [0.2, 0.25) is 0 Å². The van der Waals surface area contributed by atoms with Crippen LogP contribution in [-0.2, 0) is 10.9 Å². The molecule has 0 aromatic carbocycles. The van der Waals surface area contributed by atoms with E-state index in [9.17, 15) is 18.0 Å². The van der Waals surface area contributed by atoms with Crippen molar-refractivity contribution >= 4 is 17.3 Å². The van der Waals surface area contributed by atoms with Gasteiger partial charge in [-0.15, -0.1) is 11.3 Å². The molecule has 0 radical (unpaired) electrons. The molecule has 0 saturated heterocycles. The number of hydrogen-bond acceptors (Lipinski definition) is 4. The fourth-order valence-electron chi connectivity index (χ4n) is 0.850. The van der Waals surface area contributed by atoms with E-state index in [1.54, 1.807) is 0 Å². The number of halogens is 3. The van der Waals surface area contributed by atoms with E-state index in [4.69, 9.17) is 0 Å². The zero-order valence-electron chi connectivity index (χ0n) is 7.31. The number of esters is 1. The van der Waals surface area contributed by atoms with Gasteiger partial charge in [0.25, 0.3) is 0 Å². The van der Waals surface area contributed by atoms with E-state index in [0.717, 1.165) is 7.11 Å². The third kappa shape index (κ3) is 2.03. The highest BCUT2D eigenvalue weighted by atomic mass is 32.1. The molecule has 0 saturated carbocycles. The molecule has 3 nitrogen and oxygen atoms in total. The summed E-state index contributed by atoms with van der Waals surface area (Å²) >= 11 is 0.668. The molecular formula is C7H6F3NO2S. The fraction of sp³-hybridized carbons (Fsp3) is 0.429. The van der Waals surface area contributed by atoms with E-state index in [1.807, 2.05) is 0 Å². The quantitative estimate of drug-likeness (QED) is 0.688. The Balaban J connectivity index is 3.23. The molecule has 14 heavy (non-hydrogen) atoms. The standard InChI is InChI=1S/C7H6F3NO2S/c1-3-11-5(7(8,9)10)4(14-3)6(12)13-2/h1-2H3. The van der Waals surface area contributed by atoms with Gasteiger partial charge in [0.2, 0.25) is 0 Å². The molecule has 0 atom stereocenters. The number of carbonyl (C=O) groups excluding carboxylic acids is 1. The number of alkyl halides is 3. The van der Waals surface area contributed by atoms with Crippen molar-refractivity contribution in [3.63, 3.8) is 0 Å². The van der Waals surface area contributed by atoms with E-state index in [-0.39, 0.29) is 5.01 Å². The number of ether oxygens (including phenoxy) is 1. The average Bonchev–Trinajstić information content (AvgIpc) is 2.45. The van der Waals surface area contributed by atoms with Crippen molar-refractivity contribution in [3.05, 3.63) is 15.6 Å². The predicted octanol–water partition coefficient (Wildman–Crippen LogP) is 2.26. The van der Waals surface area contributed by atoms with Crippen LogP contribution in [0, 0.1) is 6.92 Å². The zero-order valence-corrected chi connectivity index (χ0v) is 8.12. The molecule has 0 bridgehead atoms. The van der Waals surface area contributed by atoms with Crippen LogP contribution < -0.4 is 0 Å². The van der Waals surface area contributed by atoms with Crippen molar-refractivity contribution in [2.75, 3.05) is 7.11 Å². The van der Waals surface area contributed by atoms with E-state index in [2.05, 4.69) is 9.72 Å². The lowest BCUT2D eigenvalue weighted by Crippen LogP contribution is -2.12. The van der Waals surface area contributed by atoms with Crippen LogP contribution in [0.3, 0.4) is 0 Å². The van der Waals surface area contributed by atoms with Gasteiger partial charge in [-0.25, -0.2) is 9.78 Å². The van der Waals surface area contributed by atoms with Gasteiger partial charge in [-0.1, -0.05) is 0 Å². The highest BCUT2D eigenvalue weighted by Gasteiger charge is 2.39. The second kappa shape index (κ2) is 3.56. The van der Waals surface area contributed by atoms with Crippen LogP contribution in [-0.4, -0.2) is 18.1 Å². The number of carbonyl (C=O) groups is 1. The molecule has 0 aliphatic carbocycles. The number of aryl methyl sites for hydroxylation is 1. The summed E-state index contributed by atoms with van der Waals surface area (Å²) in [6.07, 6.45) is -4.62. The van der Waals surface area contributed by atoms with E-state index in [1.165, 1.54) is 6.92 Å². The molecule has 0 aliphatic heterocycles. The summed E-state index contributed by atoms with van der Waals surface area (Å²) in [5.74, 6) is -1.01. The number of thiazole rings is 1. The highest BCUT2D eigenvalue weighted by Crippen LogP contribution is 2.34. The number of aromatic nitrogens is 1. The minimum atomic E-state index is -4.62. The molecular weight excluding hydrogens is 219 g/mol. The second-order valence-electron chi connectivity index (χ2n) is 2.40. The fourth-order valence-corrected chi connectivity index (χ4v) is 1.71. The molecule has 0 N–H and O–H groups in total. The topological polar surface area (TPSA) is 39.2 Å². The molecule has 1 rings (SSSR count). The van der Waals surface area contributed by atoms with Crippen LogP contribution in [0.15, 0.2) is 0 Å². The average molecular weight is 225 g/mol. The molecule has 0 unspecified atom stereocenters. The van der Waals surface area contributed by atoms with Crippen molar-refractivity contribution in [2.45, 2.75) is 13.1 Å². The molecule has 1 heterocycles. The first-order chi connectivity index (χ1) is 6.36. The molecule has 1 aromatic rings. The molecule has 78 valence electrons. The second-order valence-corrected chi connectivity index (χ2v) is 3.60. The van der Waals surface area contributed by atoms with Crippen molar-refractivity contribution in [3.8, 4) is 0 Å². The lowest BCUT2D eigenvalue weighted by atomic mass is 10.3. The third-order valence-corrected chi connectivity index (χ3v) is 2.32. The van der Waals surface area contributed by atoms with E-state index < -0.39 is 22.7 Å². The maximum Gasteiger partial charge on any atom is 0.435 e. The summed E-state index contributed by atoms with van der Waals surface area (Å²) in [6.45, 7) is 1.40. The molecule has 7 heteroatoms. The van der Waals surface area contributed by atoms with E-state index >= 15 is 0 Å². The minimum Gasteiger partial charge on any atom is -0.465 e. The van der Waals surface area contributed by atoms with Gasteiger partial charge in [-0.3, -0.25) is 0 Å². The molecule has 0 fully saturated rings. The Morgan fingerprint density at radius 2 is 2.07 bits per heavy atom. The van der Waals surface area contributed by atoms with Gasteiger partial charge in [0, 0.05) is 0 Å². The number of rotatable bonds is 1. The normalized spacial score (nSPS) is 11.5. The minimum absolute atomic E-state index is 0.178. The van der Waals surface area contributed by atoms with Gasteiger partial charge >= 0.3 is 12.1 Å². The van der Waals surface area contributed by atoms with Gasteiger partial charge in [0.05, 0.1) is 12.1 Å². The van der Waals surface area contributed by atoms with Crippen LogP contribution in [0.5, 0.6) is 0 Å². The molecule has 0 spiro atoms. The smallest absolute Gasteiger partial charge is 0.435 e. The monoisotopic (exact) mass is 225 g/mol. The lowest BCUT2D eigenvalue weighted by Gasteiger charge is -2.03. The Bertz CT molecular complexity index is 358. The zero-order chi connectivity index (χ0) is 10.9. The summed E-state index contributed by atoms with van der Waals surface area (Å²) in [6, 6.07) is 0. The maximum absolute atomic E-state index is 12.3. The number of hydrogen-bond donors (Lipinski definition) is 0. The summed E-state index contributed by atoms with van der Waals surface area (Å²) in [4.78, 5) is 13.7. The molecule has 0 amide bonds. The first-order valence-electron chi connectivity index (χ1n) is 3.49. The van der Waals surface area contributed by atoms with Gasteiger partial charge < -0.3 is 4.74 Å². The summed E-state index contributed by atoms with van der Waals surface area (Å²) < 4.78 is 41.1. The Hall–Kier alpha value is -1.11. The maximum atomic E-state index is 12.3. The largest absolute Gasteiger partial charge is 0.465 e. The first-order valence-corrected chi connectivity index (χ1v) is 4.31. The van der Waals surface area contributed by atoms with Crippen molar-refractivity contribution in [1.29, 1.82) is 0 Å². The van der Waals surface area contributed by atoms with Gasteiger partial charge in [-0.05, 0) is 6.92 Å². The Morgan fingerprint density at radius 3 is 2.50 bits per heavy atom. The van der Waals surface area contributed by atoms with E-state index in [0.29, 0.717) is 11.3 Å². The SMILES string of the molecule is COC(=O)c1sc(C)nc1C(F)(F)F. The van der Waals surface area contributed by atoms with Crippen LogP contribution in [0.1, 0.15) is 20.4 Å². The third-order valence-electron chi connectivity index (χ3n) is 1.37. The lowest BCUT2D eigenvalue weighted by molar-refractivity contribution is -0.141. The summed E-state index contributed by atoms with van der Waals surface area (Å²) in [5.41, 5.74) is -1.17. The van der Waals surface area contributed by atoms with Gasteiger partial charge in [0.1, 0.15) is 4.88 Å². The Labute approximate surface area is 81.5 Å². The number of nitrogens with zero attached hydrogens (tertiary/aromatic N) is 1. The highest BCUT2D eigenvalue weighted by molar-refractivity contribution is 7.13. The van der Waals surface area contributed by atoms with Crippen molar-refractivity contribution in [1.82, 2.24) is 4.98 Å². The summed E-state index contributed by atoms with van der Waals surface area (Å²) in [7, 11) is 1.03. The van der Waals surface area contributed by atoms with Gasteiger partial charge in [-0.2, -0.15) is 13.2 Å².